The zero-order chi connectivity index (χ0) is 20.4. The van der Waals surface area contributed by atoms with Crippen LogP contribution in [0.25, 0.3) is 5.69 Å². The molecule has 3 aromatic rings. The van der Waals surface area contributed by atoms with E-state index in [2.05, 4.69) is 19.9 Å². The highest BCUT2D eigenvalue weighted by Crippen LogP contribution is 2.28. The lowest BCUT2D eigenvalue weighted by atomic mass is 10.2. The zero-order valence-electron chi connectivity index (χ0n) is 14.0. The van der Waals surface area contributed by atoms with Gasteiger partial charge in [0.25, 0.3) is 0 Å². The number of nitrogens with one attached hydrogen (secondary N) is 1. The maximum atomic E-state index is 11.5. The molecule has 6 N–H and O–H groups in total. The fourth-order valence-corrected chi connectivity index (χ4v) is 2.77. The lowest BCUT2D eigenvalue weighted by Crippen LogP contribution is -2.20. The quantitative estimate of drug-likeness (QED) is 0.362. The Morgan fingerprint density at radius 2 is 1.79 bits per heavy atom. The molecule has 0 aliphatic heterocycles. The van der Waals surface area contributed by atoms with Crippen LogP contribution in [0.1, 0.15) is 22.0 Å². The van der Waals surface area contributed by atoms with Crippen LogP contribution in [0.5, 0.6) is 0 Å². The standard InChI is InChI=1S/C16H12Cl2N8O2/c17-11-12(18)26(15(25-11)16(27)28)8-4-2-6-23-10(8)14(21)24-7-3-1-5-22-9(7)13(19)20/h1-6H,(H3,19,20)(H2,21,24)(H,27,28). The number of amidine groups is 2. The number of halogens is 2. The second kappa shape index (κ2) is 7.62. The van der Waals surface area contributed by atoms with Crippen LogP contribution in [0.4, 0.5) is 5.69 Å². The van der Waals surface area contributed by atoms with E-state index in [1.807, 2.05) is 0 Å². The largest absolute Gasteiger partial charge is 0.475 e. The molecule has 0 aliphatic carbocycles. The van der Waals surface area contributed by atoms with Gasteiger partial charge in [0.15, 0.2) is 16.1 Å². The minimum atomic E-state index is -1.34. The van der Waals surface area contributed by atoms with Crippen molar-refractivity contribution >= 4 is 46.5 Å². The molecule has 3 rings (SSSR count). The molecule has 10 nitrogen and oxygen atoms in total. The van der Waals surface area contributed by atoms with Crippen LogP contribution in [0.15, 0.2) is 41.7 Å². The van der Waals surface area contributed by atoms with Crippen LogP contribution < -0.4 is 11.5 Å². The van der Waals surface area contributed by atoms with Crippen LogP contribution in [0.2, 0.25) is 10.3 Å². The molecule has 3 heterocycles. The molecule has 0 saturated carbocycles. The number of aromatic carboxylic acids is 1. The van der Waals surface area contributed by atoms with E-state index in [-0.39, 0.29) is 44.7 Å². The Bertz CT molecular complexity index is 1130. The molecule has 0 amide bonds. The average Bonchev–Trinajstić information content (AvgIpc) is 2.97. The first-order valence-corrected chi connectivity index (χ1v) is 8.33. The van der Waals surface area contributed by atoms with Gasteiger partial charge in [-0.3, -0.25) is 19.9 Å². The lowest BCUT2D eigenvalue weighted by Gasteiger charge is -2.12. The highest BCUT2D eigenvalue weighted by Gasteiger charge is 2.24. The molecule has 28 heavy (non-hydrogen) atoms. The number of hydrogen-bond donors (Lipinski definition) is 4. The molecule has 0 fully saturated rings. The third kappa shape index (κ3) is 3.50. The number of imidazole rings is 1. The highest BCUT2D eigenvalue weighted by atomic mass is 35.5. The van der Waals surface area contributed by atoms with Crippen LogP contribution in [-0.2, 0) is 0 Å². The number of nitrogens with zero attached hydrogens (tertiary/aromatic N) is 5. The van der Waals surface area contributed by atoms with Gasteiger partial charge in [0, 0.05) is 12.4 Å². The van der Waals surface area contributed by atoms with Crippen molar-refractivity contribution in [2.75, 3.05) is 0 Å². The summed E-state index contributed by atoms with van der Waals surface area (Å²) >= 11 is 12.0. The van der Waals surface area contributed by atoms with Gasteiger partial charge in [-0.15, -0.1) is 0 Å². The van der Waals surface area contributed by atoms with E-state index < -0.39 is 11.8 Å². The number of carboxylic acid groups (broad SMARTS) is 1. The van der Waals surface area contributed by atoms with Crippen LogP contribution in [-0.4, -0.2) is 42.3 Å². The molecule has 0 bridgehead atoms. The molecule has 0 unspecified atom stereocenters. The summed E-state index contributed by atoms with van der Waals surface area (Å²) in [6.07, 6.45) is 2.91. The molecule has 0 saturated heterocycles. The number of rotatable bonds is 5. The molecule has 12 heteroatoms. The average molecular weight is 419 g/mol. The van der Waals surface area contributed by atoms with E-state index in [0.717, 1.165) is 4.57 Å². The minimum absolute atomic E-state index is 0.0803. The van der Waals surface area contributed by atoms with Gasteiger partial charge in [-0.2, -0.15) is 0 Å². The highest BCUT2D eigenvalue weighted by molar-refractivity contribution is 6.41. The lowest BCUT2D eigenvalue weighted by molar-refractivity contribution is 0.0681. The van der Waals surface area contributed by atoms with Crippen LogP contribution in [0, 0.1) is 5.41 Å². The number of hydrogen-bond acceptors (Lipinski definition) is 6. The summed E-state index contributed by atoms with van der Waals surface area (Å²) in [5, 5.41) is 16.7. The maximum absolute atomic E-state index is 11.5. The first kappa shape index (κ1) is 19.3. The van der Waals surface area contributed by atoms with Gasteiger partial charge < -0.3 is 16.6 Å². The number of aliphatic imine (C=N–C) groups is 1. The summed E-state index contributed by atoms with van der Waals surface area (Å²) < 4.78 is 1.10. The third-order valence-corrected chi connectivity index (χ3v) is 4.23. The first-order chi connectivity index (χ1) is 13.3. The van der Waals surface area contributed by atoms with Crippen LogP contribution >= 0.6 is 23.2 Å². The van der Waals surface area contributed by atoms with Crippen molar-refractivity contribution in [1.82, 2.24) is 19.5 Å². The molecular formula is C16H12Cl2N8O2. The van der Waals surface area contributed by atoms with E-state index in [1.54, 1.807) is 18.2 Å². The van der Waals surface area contributed by atoms with Crippen molar-refractivity contribution in [2.45, 2.75) is 0 Å². The number of carbonyl (C=O) groups is 1. The summed E-state index contributed by atoms with van der Waals surface area (Å²) in [6.45, 7) is 0. The van der Waals surface area contributed by atoms with E-state index >= 15 is 0 Å². The van der Waals surface area contributed by atoms with Crippen molar-refractivity contribution in [3.63, 3.8) is 0 Å². The van der Waals surface area contributed by atoms with Gasteiger partial charge in [0.1, 0.15) is 17.2 Å². The number of nitrogen functional groups attached to an aromatic ring is 1. The summed E-state index contributed by atoms with van der Waals surface area (Å²) in [7, 11) is 0. The van der Waals surface area contributed by atoms with E-state index in [1.165, 1.54) is 18.5 Å². The first-order valence-electron chi connectivity index (χ1n) is 7.57. The number of nitrogens with two attached hydrogens (primary N) is 2. The zero-order valence-corrected chi connectivity index (χ0v) is 15.5. The second-order valence-corrected chi connectivity index (χ2v) is 6.03. The van der Waals surface area contributed by atoms with Gasteiger partial charge in [0.05, 0.1) is 11.4 Å². The Balaban J connectivity index is 2.20. The fourth-order valence-electron chi connectivity index (χ4n) is 2.39. The van der Waals surface area contributed by atoms with Gasteiger partial charge in [-0.05, 0) is 24.3 Å². The topological polar surface area (TPSA) is 169 Å². The normalized spacial score (nSPS) is 11.4. The molecule has 0 aromatic carbocycles. The third-order valence-electron chi connectivity index (χ3n) is 3.53. The van der Waals surface area contributed by atoms with E-state index in [4.69, 9.17) is 40.1 Å². The van der Waals surface area contributed by atoms with E-state index in [9.17, 15) is 9.90 Å². The minimum Gasteiger partial charge on any atom is -0.475 e. The predicted octanol–water partition coefficient (Wildman–Crippen LogP) is 1.99. The molecule has 142 valence electrons. The summed E-state index contributed by atoms with van der Waals surface area (Å²) in [6, 6.07) is 6.28. The fraction of sp³-hybridized carbons (Fsp3) is 0. The molecule has 3 aromatic heterocycles. The molecule has 0 spiro atoms. The van der Waals surface area contributed by atoms with Gasteiger partial charge in [0.2, 0.25) is 5.82 Å². The smallest absolute Gasteiger partial charge is 0.372 e. The molecular weight excluding hydrogens is 407 g/mol. The van der Waals surface area contributed by atoms with Crippen molar-refractivity contribution < 1.29 is 9.90 Å². The molecule has 0 radical (unpaired) electrons. The Morgan fingerprint density at radius 1 is 1.14 bits per heavy atom. The monoisotopic (exact) mass is 418 g/mol. The van der Waals surface area contributed by atoms with Gasteiger partial charge in [-0.1, -0.05) is 23.2 Å². The Labute approximate surface area is 168 Å². The van der Waals surface area contributed by atoms with Crippen molar-refractivity contribution in [3.05, 3.63) is 64.2 Å². The Hall–Kier alpha value is -3.50. The Morgan fingerprint density at radius 3 is 2.43 bits per heavy atom. The van der Waals surface area contributed by atoms with Crippen molar-refractivity contribution in [1.29, 1.82) is 5.41 Å². The molecule has 0 atom stereocenters. The Kier molecular flexibility index (Phi) is 5.25. The number of pyridine rings is 2. The molecule has 0 aliphatic rings. The van der Waals surface area contributed by atoms with Gasteiger partial charge >= 0.3 is 5.97 Å². The van der Waals surface area contributed by atoms with Gasteiger partial charge in [-0.25, -0.2) is 14.8 Å². The summed E-state index contributed by atoms with van der Waals surface area (Å²) in [5.41, 5.74) is 12.3. The SMILES string of the molecule is N=C(N)c1ncccc1N=C(N)c1ncccc1-n1c(C(=O)O)nc(Cl)c1Cl. The number of carboxylic acids is 1. The summed E-state index contributed by atoms with van der Waals surface area (Å²) in [5.74, 6) is -2.12. The van der Waals surface area contributed by atoms with Crippen LogP contribution in [0.3, 0.4) is 0 Å². The van der Waals surface area contributed by atoms with E-state index in [0.29, 0.717) is 0 Å². The maximum Gasteiger partial charge on any atom is 0.372 e. The summed E-state index contributed by atoms with van der Waals surface area (Å²) in [4.78, 5) is 27.7. The van der Waals surface area contributed by atoms with Crippen molar-refractivity contribution in [3.8, 4) is 5.69 Å². The second-order valence-electron chi connectivity index (χ2n) is 5.31. The number of aromatic nitrogens is 4. The predicted molar refractivity (Wildman–Crippen MR) is 104 cm³/mol. The van der Waals surface area contributed by atoms with Crippen molar-refractivity contribution in [2.24, 2.45) is 16.5 Å².